The fourth-order valence-corrected chi connectivity index (χ4v) is 4.76. The summed E-state index contributed by atoms with van der Waals surface area (Å²) in [6.45, 7) is 5.93. The molecule has 29 heavy (non-hydrogen) atoms. The van der Waals surface area contributed by atoms with Gasteiger partial charge in [0.25, 0.3) is 0 Å². The van der Waals surface area contributed by atoms with E-state index in [0.29, 0.717) is 26.4 Å². The maximum Gasteiger partial charge on any atom is 0.243 e. The molecule has 0 amide bonds. The van der Waals surface area contributed by atoms with Crippen molar-refractivity contribution in [3.05, 3.63) is 65.7 Å². The first-order chi connectivity index (χ1) is 14.0. The molecule has 1 heterocycles. The van der Waals surface area contributed by atoms with E-state index in [9.17, 15) is 8.42 Å². The molecule has 2 atom stereocenters. The average molecular weight is 420 g/mol. The number of rotatable bonds is 8. The van der Waals surface area contributed by atoms with Crippen molar-refractivity contribution in [1.82, 2.24) is 4.31 Å². The summed E-state index contributed by atoms with van der Waals surface area (Å²) in [5, 5.41) is 0. The fraction of sp³-hybridized carbons (Fsp3) is 0.455. The third kappa shape index (κ3) is 6.10. The van der Waals surface area contributed by atoms with Gasteiger partial charge in [0.15, 0.2) is 0 Å². The molecule has 7 heteroatoms. The molecular formula is C22H29NO5S. The minimum atomic E-state index is -3.65. The zero-order valence-corrected chi connectivity index (χ0v) is 17.8. The van der Waals surface area contributed by atoms with E-state index >= 15 is 0 Å². The molecule has 0 unspecified atom stereocenters. The monoisotopic (exact) mass is 419 g/mol. The quantitative estimate of drug-likeness (QED) is 0.658. The second-order valence-electron chi connectivity index (χ2n) is 7.17. The van der Waals surface area contributed by atoms with Crippen molar-refractivity contribution in [2.24, 2.45) is 0 Å². The number of benzene rings is 2. The number of nitrogens with zero attached hydrogens (tertiary/aromatic N) is 1. The van der Waals surface area contributed by atoms with Gasteiger partial charge in [-0.25, -0.2) is 8.42 Å². The topological polar surface area (TPSA) is 65.1 Å². The summed E-state index contributed by atoms with van der Waals surface area (Å²) in [6, 6.07) is 16.8. The van der Waals surface area contributed by atoms with E-state index in [1.165, 1.54) is 4.31 Å². The summed E-state index contributed by atoms with van der Waals surface area (Å²) in [5.74, 6) is 0. The predicted molar refractivity (Wildman–Crippen MR) is 111 cm³/mol. The van der Waals surface area contributed by atoms with Gasteiger partial charge >= 0.3 is 0 Å². The summed E-state index contributed by atoms with van der Waals surface area (Å²) in [5.41, 5.74) is 2.08. The van der Waals surface area contributed by atoms with Crippen molar-refractivity contribution < 1.29 is 22.6 Å². The lowest BCUT2D eigenvalue weighted by Gasteiger charge is -2.24. The second kappa shape index (κ2) is 10.3. The van der Waals surface area contributed by atoms with Crippen molar-refractivity contribution in [2.45, 2.75) is 37.6 Å². The van der Waals surface area contributed by atoms with Crippen LogP contribution in [0.1, 0.15) is 18.1 Å². The molecule has 0 radical (unpaired) electrons. The van der Waals surface area contributed by atoms with Gasteiger partial charge in [-0.3, -0.25) is 0 Å². The molecule has 1 fully saturated rings. The highest BCUT2D eigenvalue weighted by molar-refractivity contribution is 7.89. The van der Waals surface area contributed by atoms with Crippen LogP contribution in [0.4, 0.5) is 0 Å². The van der Waals surface area contributed by atoms with Gasteiger partial charge in [0.1, 0.15) is 0 Å². The van der Waals surface area contributed by atoms with Gasteiger partial charge in [-0.05, 0) is 31.5 Å². The molecule has 2 aromatic rings. The first kappa shape index (κ1) is 21.9. The molecule has 1 saturated heterocycles. The Morgan fingerprint density at radius 2 is 1.79 bits per heavy atom. The number of hydrogen-bond acceptors (Lipinski definition) is 5. The Hall–Kier alpha value is -1.77. The van der Waals surface area contributed by atoms with Crippen LogP contribution < -0.4 is 0 Å². The molecule has 3 rings (SSSR count). The van der Waals surface area contributed by atoms with Gasteiger partial charge in [0, 0.05) is 19.7 Å². The van der Waals surface area contributed by atoms with E-state index in [-0.39, 0.29) is 30.2 Å². The molecule has 2 aromatic carbocycles. The zero-order chi connectivity index (χ0) is 20.7. The van der Waals surface area contributed by atoms with Crippen LogP contribution in [0.25, 0.3) is 0 Å². The minimum absolute atomic E-state index is 0.231. The van der Waals surface area contributed by atoms with E-state index < -0.39 is 10.0 Å². The summed E-state index contributed by atoms with van der Waals surface area (Å²) in [6.07, 6.45) is -0.663. The molecule has 6 nitrogen and oxygen atoms in total. The normalized spacial score (nSPS) is 21.0. The summed E-state index contributed by atoms with van der Waals surface area (Å²) in [4.78, 5) is 0.282. The highest BCUT2D eigenvalue weighted by atomic mass is 32.2. The van der Waals surface area contributed by atoms with E-state index in [4.69, 9.17) is 14.2 Å². The van der Waals surface area contributed by atoms with Crippen LogP contribution in [0.3, 0.4) is 0 Å². The van der Waals surface area contributed by atoms with Gasteiger partial charge in [0.05, 0.1) is 36.9 Å². The summed E-state index contributed by atoms with van der Waals surface area (Å²) >= 11 is 0. The van der Waals surface area contributed by atoms with E-state index in [0.717, 1.165) is 11.1 Å². The molecule has 1 aliphatic heterocycles. The van der Waals surface area contributed by atoms with Crippen LogP contribution >= 0.6 is 0 Å². The molecule has 0 spiro atoms. The SMILES string of the molecule is CCO[C@H]1CO[C@H](COCc2ccccc2)CN(S(=O)(=O)c2ccc(C)cc2)C1. The Morgan fingerprint density at radius 3 is 2.48 bits per heavy atom. The van der Waals surface area contributed by atoms with Gasteiger partial charge in [0.2, 0.25) is 10.0 Å². The zero-order valence-electron chi connectivity index (χ0n) is 17.0. The van der Waals surface area contributed by atoms with Crippen LogP contribution in [0.5, 0.6) is 0 Å². The summed E-state index contributed by atoms with van der Waals surface area (Å²) in [7, 11) is -3.65. The van der Waals surface area contributed by atoms with Gasteiger partial charge in [-0.2, -0.15) is 4.31 Å². The fourth-order valence-electron chi connectivity index (χ4n) is 3.25. The van der Waals surface area contributed by atoms with Gasteiger partial charge in [-0.1, -0.05) is 48.0 Å². The Morgan fingerprint density at radius 1 is 1.07 bits per heavy atom. The molecule has 158 valence electrons. The van der Waals surface area contributed by atoms with Crippen molar-refractivity contribution in [3.63, 3.8) is 0 Å². The third-order valence-electron chi connectivity index (χ3n) is 4.81. The highest BCUT2D eigenvalue weighted by Gasteiger charge is 2.33. The second-order valence-corrected chi connectivity index (χ2v) is 9.11. The minimum Gasteiger partial charge on any atom is -0.375 e. The predicted octanol–water partition coefficient (Wildman–Crippen LogP) is 3.01. The lowest BCUT2D eigenvalue weighted by Crippen LogP contribution is -2.41. The Bertz CT molecular complexity index is 855. The van der Waals surface area contributed by atoms with Crippen molar-refractivity contribution in [3.8, 4) is 0 Å². The van der Waals surface area contributed by atoms with Crippen molar-refractivity contribution in [2.75, 3.05) is 32.9 Å². The van der Waals surface area contributed by atoms with E-state index in [1.54, 1.807) is 12.1 Å². The Labute approximate surface area is 173 Å². The lowest BCUT2D eigenvalue weighted by molar-refractivity contribution is -0.0509. The highest BCUT2D eigenvalue weighted by Crippen LogP contribution is 2.21. The van der Waals surface area contributed by atoms with E-state index in [2.05, 4.69) is 0 Å². The van der Waals surface area contributed by atoms with Crippen LogP contribution in [0.15, 0.2) is 59.5 Å². The standard InChI is InChI=1S/C22H29NO5S/c1-3-27-21-14-23(29(24,25)22-11-9-18(2)10-12-22)13-20(28-17-21)16-26-15-19-7-5-4-6-8-19/h4-12,20-21H,3,13-17H2,1-2H3/t20-,21+/m0/s1. The van der Waals surface area contributed by atoms with Crippen LogP contribution in [0, 0.1) is 6.92 Å². The van der Waals surface area contributed by atoms with Crippen LogP contribution in [-0.2, 0) is 30.8 Å². The Kier molecular flexibility index (Phi) is 7.80. The molecule has 0 aromatic heterocycles. The lowest BCUT2D eigenvalue weighted by atomic mass is 10.2. The van der Waals surface area contributed by atoms with Gasteiger partial charge < -0.3 is 14.2 Å². The number of aryl methyl sites for hydroxylation is 1. The molecule has 0 saturated carbocycles. The number of hydrogen-bond donors (Lipinski definition) is 0. The Balaban J connectivity index is 1.70. The van der Waals surface area contributed by atoms with Crippen LogP contribution in [0.2, 0.25) is 0 Å². The number of sulfonamides is 1. The first-order valence-electron chi connectivity index (χ1n) is 9.90. The van der Waals surface area contributed by atoms with E-state index in [1.807, 2.05) is 56.3 Å². The van der Waals surface area contributed by atoms with Gasteiger partial charge in [-0.15, -0.1) is 0 Å². The largest absolute Gasteiger partial charge is 0.375 e. The molecule has 0 bridgehead atoms. The smallest absolute Gasteiger partial charge is 0.243 e. The maximum absolute atomic E-state index is 13.2. The first-order valence-corrected chi connectivity index (χ1v) is 11.3. The molecular weight excluding hydrogens is 390 g/mol. The van der Waals surface area contributed by atoms with Crippen LogP contribution in [-0.4, -0.2) is 57.8 Å². The number of ether oxygens (including phenoxy) is 3. The van der Waals surface area contributed by atoms with Crippen molar-refractivity contribution in [1.29, 1.82) is 0 Å². The molecule has 0 aliphatic carbocycles. The maximum atomic E-state index is 13.2. The third-order valence-corrected chi connectivity index (χ3v) is 6.65. The summed E-state index contributed by atoms with van der Waals surface area (Å²) < 4.78 is 45.3. The molecule has 0 N–H and O–H groups in total. The molecule has 1 aliphatic rings. The average Bonchev–Trinajstić information content (AvgIpc) is 2.92. The van der Waals surface area contributed by atoms with Crippen molar-refractivity contribution >= 4 is 10.0 Å².